The van der Waals surface area contributed by atoms with E-state index in [1.165, 1.54) is 12.1 Å². The maximum atomic E-state index is 12.3. The Morgan fingerprint density at radius 1 is 1.45 bits per heavy atom. The molecule has 2 rings (SSSR count). The lowest BCUT2D eigenvalue weighted by Crippen LogP contribution is -2.40. The van der Waals surface area contributed by atoms with E-state index in [0.29, 0.717) is 17.7 Å². The number of fused-ring (bicyclic) bond motifs is 1. The summed E-state index contributed by atoms with van der Waals surface area (Å²) in [5.41, 5.74) is 6.96. The molecule has 0 fully saturated rings. The maximum absolute atomic E-state index is 12.3. The standard InChI is InChI=1S/C13H19N3O3S/c1-2-3-10(8-14)16-20(18,19)11-4-5-12-9(6-11)7-13(17)15-12/h4-6,10,16H,2-3,7-8,14H2,1H3,(H,15,17). The van der Waals surface area contributed by atoms with Crippen molar-refractivity contribution in [3.05, 3.63) is 23.8 Å². The third kappa shape index (κ3) is 3.17. The molecule has 0 spiro atoms. The predicted octanol–water partition coefficient (Wildman–Crippen LogP) is 0.587. The molecule has 0 aliphatic carbocycles. The summed E-state index contributed by atoms with van der Waals surface area (Å²) in [7, 11) is -3.60. The van der Waals surface area contributed by atoms with Crippen LogP contribution in [0.2, 0.25) is 0 Å². The number of nitrogens with two attached hydrogens (primary N) is 1. The Balaban J connectivity index is 2.22. The van der Waals surface area contributed by atoms with E-state index in [1.807, 2.05) is 6.92 Å². The van der Waals surface area contributed by atoms with Crippen molar-refractivity contribution in [2.75, 3.05) is 11.9 Å². The molecule has 0 bridgehead atoms. The Kier molecular flexibility index (Phi) is 4.42. The molecule has 0 saturated heterocycles. The van der Waals surface area contributed by atoms with Crippen LogP contribution >= 0.6 is 0 Å². The van der Waals surface area contributed by atoms with Gasteiger partial charge in [0, 0.05) is 18.3 Å². The lowest BCUT2D eigenvalue weighted by molar-refractivity contribution is -0.115. The highest BCUT2D eigenvalue weighted by molar-refractivity contribution is 7.89. The quantitative estimate of drug-likeness (QED) is 0.715. The van der Waals surface area contributed by atoms with E-state index in [2.05, 4.69) is 10.0 Å². The second-order valence-electron chi connectivity index (χ2n) is 4.89. The molecule has 20 heavy (non-hydrogen) atoms. The molecule has 1 aliphatic heterocycles. The number of amides is 1. The Morgan fingerprint density at radius 3 is 2.85 bits per heavy atom. The van der Waals surface area contributed by atoms with Gasteiger partial charge in [0.1, 0.15) is 0 Å². The fourth-order valence-electron chi connectivity index (χ4n) is 2.23. The van der Waals surface area contributed by atoms with Gasteiger partial charge < -0.3 is 11.1 Å². The van der Waals surface area contributed by atoms with Gasteiger partial charge in [0.05, 0.1) is 11.3 Å². The minimum Gasteiger partial charge on any atom is -0.329 e. The Bertz CT molecular complexity index is 613. The summed E-state index contributed by atoms with van der Waals surface area (Å²) in [6.07, 6.45) is 1.77. The van der Waals surface area contributed by atoms with Crippen LogP contribution in [0, 0.1) is 0 Å². The van der Waals surface area contributed by atoms with Gasteiger partial charge in [-0.2, -0.15) is 0 Å². The monoisotopic (exact) mass is 297 g/mol. The van der Waals surface area contributed by atoms with Crippen molar-refractivity contribution >= 4 is 21.6 Å². The Hall–Kier alpha value is -1.44. The third-order valence-corrected chi connectivity index (χ3v) is 4.77. The highest BCUT2D eigenvalue weighted by Crippen LogP contribution is 2.25. The largest absolute Gasteiger partial charge is 0.329 e. The summed E-state index contributed by atoms with van der Waals surface area (Å²) >= 11 is 0. The first-order valence-electron chi connectivity index (χ1n) is 6.61. The van der Waals surface area contributed by atoms with Crippen molar-refractivity contribution in [2.24, 2.45) is 5.73 Å². The molecule has 110 valence electrons. The fraction of sp³-hybridized carbons (Fsp3) is 0.462. The minimum absolute atomic E-state index is 0.117. The number of rotatable bonds is 6. The highest BCUT2D eigenvalue weighted by atomic mass is 32.2. The van der Waals surface area contributed by atoms with E-state index >= 15 is 0 Å². The number of carbonyl (C=O) groups excluding carboxylic acids is 1. The van der Waals surface area contributed by atoms with Crippen LogP contribution in [0.1, 0.15) is 25.3 Å². The Labute approximate surface area is 118 Å². The number of carbonyl (C=O) groups is 1. The van der Waals surface area contributed by atoms with Gasteiger partial charge in [-0.05, 0) is 30.2 Å². The van der Waals surface area contributed by atoms with Crippen molar-refractivity contribution in [3.63, 3.8) is 0 Å². The third-order valence-electron chi connectivity index (χ3n) is 3.26. The molecule has 7 heteroatoms. The van der Waals surface area contributed by atoms with Crippen LogP contribution in [0.15, 0.2) is 23.1 Å². The molecule has 0 radical (unpaired) electrons. The van der Waals surface area contributed by atoms with E-state index < -0.39 is 10.0 Å². The van der Waals surface area contributed by atoms with Crippen LogP contribution in [0.4, 0.5) is 5.69 Å². The summed E-state index contributed by atoms with van der Waals surface area (Å²) < 4.78 is 27.2. The van der Waals surface area contributed by atoms with Crippen molar-refractivity contribution in [2.45, 2.75) is 37.1 Å². The first kappa shape index (κ1) is 15.0. The molecule has 4 N–H and O–H groups in total. The lowest BCUT2D eigenvalue weighted by atomic mass is 10.2. The highest BCUT2D eigenvalue weighted by Gasteiger charge is 2.23. The SMILES string of the molecule is CCCC(CN)NS(=O)(=O)c1ccc2c(c1)CC(=O)N2. The van der Waals surface area contributed by atoms with Crippen molar-refractivity contribution in [1.29, 1.82) is 0 Å². The van der Waals surface area contributed by atoms with Gasteiger partial charge in [-0.15, -0.1) is 0 Å². The van der Waals surface area contributed by atoms with E-state index in [4.69, 9.17) is 5.73 Å². The predicted molar refractivity (Wildman–Crippen MR) is 76.8 cm³/mol. The lowest BCUT2D eigenvalue weighted by Gasteiger charge is -2.16. The molecule has 0 aromatic heterocycles. The fourth-order valence-corrected chi connectivity index (χ4v) is 3.57. The zero-order chi connectivity index (χ0) is 14.8. The van der Waals surface area contributed by atoms with E-state index in [9.17, 15) is 13.2 Å². The Morgan fingerprint density at radius 2 is 2.20 bits per heavy atom. The second kappa shape index (κ2) is 5.90. The summed E-state index contributed by atoms with van der Waals surface area (Å²) in [6, 6.07) is 4.38. The average Bonchev–Trinajstić information content (AvgIpc) is 2.76. The molecule has 1 unspecified atom stereocenters. The van der Waals surface area contributed by atoms with Crippen LogP contribution < -0.4 is 15.8 Å². The number of hydrogen-bond acceptors (Lipinski definition) is 4. The van der Waals surface area contributed by atoms with Gasteiger partial charge in [-0.3, -0.25) is 4.79 Å². The summed E-state index contributed by atoms with van der Waals surface area (Å²) in [6.45, 7) is 2.24. The molecule has 1 aromatic rings. The van der Waals surface area contributed by atoms with Crippen LogP contribution in [0.5, 0.6) is 0 Å². The zero-order valence-electron chi connectivity index (χ0n) is 11.3. The number of benzene rings is 1. The van der Waals surface area contributed by atoms with Crippen LogP contribution in [0.3, 0.4) is 0 Å². The topological polar surface area (TPSA) is 101 Å². The summed E-state index contributed by atoms with van der Waals surface area (Å²) in [4.78, 5) is 11.4. The van der Waals surface area contributed by atoms with Gasteiger partial charge in [-0.1, -0.05) is 13.3 Å². The summed E-state index contributed by atoms with van der Waals surface area (Å²) in [5, 5.41) is 2.67. The molecule has 1 aromatic carbocycles. The number of hydrogen-bond donors (Lipinski definition) is 3. The molecule has 0 saturated carbocycles. The van der Waals surface area contributed by atoms with Gasteiger partial charge in [0.15, 0.2) is 0 Å². The maximum Gasteiger partial charge on any atom is 0.240 e. The van der Waals surface area contributed by atoms with Crippen LogP contribution in [-0.4, -0.2) is 26.9 Å². The van der Waals surface area contributed by atoms with Gasteiger partial charge in [0.25, 0.3) is 0 Å². The van der Waals surface area contributed by atoms with Crippen LogP contribution in [-0.2, 0) is 21.2 Å². The van der Waals surface area contributed by atoms with E-state index in [1.54, 1.807) is 6.07 Å². The van der Waals surface area contributed by atoms with E-state index in [-0.39, 0.29) is 29.8 Å². The van der Waals surface area contributed by atoms with Crippen molar-refractivity contribution in [1.82, 2.24) is 4.72 Å². The molecular formula is C13H19N3O3S. The molecule has 1 amide bonds. The van der Waals surface area contributed by atoms with Crippen molar-refractivity contribution < 1.29 is 13.2 Å². The average molecular weight is 297 g/mol. The van der Waals surface area contributed by atoms with Gasteiger partial charge in [0.2, 0.25) is 15.9 Å². The van der Waals surface area contributed by atoms with E-state index in [0.717, 1.165) is 6.42 Å². The first-order chi connectivity index (χ1) is 9.46. The number of nitrogens with one attached hydrogen (secondary N) is 2. The number of anilines is 1. The van der Waals surface area contributed by atoms with Crippen molar-refractivity contribution in [3.8, 4) is 0 Å². The zero-order valence-corrected chi connectivity index (χ0v) is 12.2. The molecular weight excluding hydrogens is 278 g/mol. The number of sulfonamides is 1. The molecule has 1 atom stereocenters. The molecule has 1 heterocycles. The van der Waals surface area contributed by atoms with Gasteiger partial charge in [-0.25, -0.2) is 13.1 Å². The summed E-state index contributed by atoms with van der Waals surface area (Å²) in [5.74, 6) is -0.117. The second-order valence-corrected chi connectivity index (χ2v) is 6.60. The molecule has 6 nitrogen and oxygen atoms in total. The smallest absolute Gasteiger partial charge is 0.240 e. The minimum atomic E-state index is -3.60. The van der Waals surface area contributed by atoms with Crippen LogP contribution in [0.25, 0.3) is 0 Å². The van der Waals surface area contributed by atoms with Gasteiger partial charge >= 0.3 is 0 Å². The normalized spacial score (nSPS) is 15.8. The molecule has 1 aliphatic rings. The first-order valence-corrected chi connectivity index (χ1v) is 8.09.